The summed E-state index contributed by atoms with van der Waals surface area (Å²) in [7, 11) is 2.17. The summed E-state index contributed by atoms with van der Waals surface area (Å²) in [4.78, 5) is 9.33. The molecule has 1 aromatic carbocycles. The molecule has 1 fully saturated rings. The fraction of sp³-hybridized carbons (Fsp3) is 0.421. The summed E-state index contributed by atoms with van der Waals surface area (Å²) in [5, 5.41) is 3.47. The lowest BCUT2D eigenvalue weighted by atomic mass is 10.1. The van der Waals surface area contributed by atoms with Crippen molar-refractivity contribution in [2.45, 2.75) is 20.4 Å². The zero-order valence-electron chi connectivity index (χ0n) is 14.3. The molecule has 0 bridgehead atoms. The molecular weight excluding hydrogens is 284 g/mol. The number of rotatable bonds is 4. The smallest absolute Gasteiger partial charge is 0.128 e. The van der Waals surface area contributed by atoms with Crippen molar-refractivity contribution >= 4 is 11.5 Å². The van der Waals surface area contributed by atoms with Crippen LogP contribution in [-0.2, 0) is 6.54 Å². The highest BCUT2D eigenvalue weighted by molar-refractivity contribution is 5.49. The molecule has 1 aliphatic rings. The highest BCUT2D eigenvalue weighted by atomic mass is 15.3. The summed E-state index contributed by atoms with van der Waals surface area (Å²) in [5.74, 6) is 1.08. The zero-order chi connectivity index (χ0) is 16.2. The topological polar surface area (TPSA) is 31.4 Å². The molecule has 0 atom stereocenters. The number of hydrogen-bond donors (Lipinski definition) is 1. The third-order valence-electron chi connectivity index (χ3n) is 4.56. The van der Waals surface area contributed by atoms with Crippen LogP contribution in [0.3, 0.4) is 0 Å². The van der Waals surface area contributed by atoms with Gasteiger partial charge in [-0.25, -0.2) is 4.98 Å². The number of benzene rings is 1. The normalized spacial score (nSPS) is 15.7. The first kappa shape index (κ1) is 15.8. The van der Waals surface area contributed by atoms with Gasteiger partial charge in [-0.05, 0) is 44.2 Å². The van der Waals surface area contributed by atoms with Crippen molar-refractivity contribution in [3.63, 3.8) is 0 Å². The van der Waals surface area contributed by atoms with Gasteiger partial charge in [0.15, 0.2) is 0 Å². The van der Waals surface area contributed by atoms with Crippen LogP contribution in [0.2, 0.25) is 0 Å². The van der Waals surface area contributed by atoms with Crippen LogP contribution in [0, 0.1) is 13.8 Å². The summed E-state index contributed by atoms with van der Waals surface area (Å²) in [5.41, 5.74) is 5.05. The Bertz CT molecular complexity index is 643. The number of nitrogens with one attached hydrogen (secondary N) is 1. The Hall–Kier alpha value is -2.07. The number of likely N-dealkylation sites (N-methyl/N-ethyl adjacent to an activating group) is 1. The van der Waals surface area contributed by atoms with Gasteiger partial charge in [-0.3, -0.25) is 0 Å². The number of aryl methyl sites for hydroxylation is 2. The lowest BCUT2D eigenvalue weighted by Gasteiger charge is -2.33. The molecule has 1 saturated heterocycles. The molecule has 0 radical (unpaired) electrons. The SMILES string of the molecule is Cc1ccc(CNc2ccc(N3CCN(C)CC3)nc2)c(C)c1. The second-order valence-corrected chi connectivity index (χ2v) is 6.48. The van der Waals surface area contributed by atoms with E-state index in [0.717, 1.165) is 44.2 Å². The van der Waals surface area contributed by atoms with Crippen LogP contribution >= 0.6 is 0 Å². The van der Waals surface area contributed by atoms with E-state index in [9.17, 15) is 0 Å². The average molecular weight is 310 g/mol. The highest BCUT2D eigenvalue weighted by Gasteiger charge is 2.14. The second kappa shape index (κ2) is 7.01. The number of anilines is 2. The van der Waals surface area contributed by atoms with Crippen molar-refractivity contribution in [2.24, 2.45) is 0 Å². The summed E-state index contributed by atoms with van der Waals surface area (Å²) >= 11 is 0. The monoisotopic (exact) mass is 310 g/mol. The van der Waals surface area contributed by atoms with E-state index in [1.807, 2.05) is 6.20 Å². The predicted octanol–water partition coefficient (Wildman–Crippen LogP) is 3.06. The molecule has 2 heterocycles. The summed E-state index contributed by atoms with van der Waals surface area (Å²) in [6.07, 6.45) is 1.94. The van der Waals surface area contributed by atoms with Crippen LogP contribution in [0.4, 0.5) is 11.5 Å². The predicted molar refractivity (Wildman–Crippen MR) is 97.2 cm³/mol. The molecule has 1 N–H and O–H groups in total. The van der Waals surface area contributed by atoms with Crippen molar-refractivity contribution in [3.05, 3.63) is 53.2 Å². The number of hydrogen-bond acceptors (Lipinski definition) is 4. The molecule has 0 saturated carbocycles. The van der Waals surface area contributed by atoms with E-state index in [2.05, 4.69) is 71.3 Å². The number of pyridine rings is 1. The molecular formula is C19H26N4. The van der Waals surface area contributed by atoms with Gasteiger partial charge in [0.2, 0.25) is 0 Å². The Morgan fingerprint density at radius 2 is 1.83 bits per heavy atom. The maximum Gasteiger partial charge on any atom is 0.128 e. The van der Waals surface area contributed by atoms with Gasteiger partial charge in [-0.2, -0.15) is 0 Å². The molecule has 0 amide bonds. The molecule has 0 aliphatic carbocycles. The van der Waals surface area contributed by atoms with Crippen LogP contribution < -0.4 is 10.2 Å². The zero-order valence-corrected chi connectivity index (χ0v) is 14.3. The first-order chi connectivity index (χ1) is 11.1. The van der Waals surface area contributed by atoms with E-state index >= 15 is 0 Å². The highest BCUT2D eigenvalue weighted by Crippen LogP contribution is 2.17. The summed E-state index contributed by atoms with van der Waals surface area (Å²) < 4.78 is 0. The largest absolute Gasteiger partial charge is 0.380 e. The minimum Gasteiger partial charge on any atom is -0.380 e. The van der Waals surface area contributed by atoms with E-state index in [1.54, 1.807) is 0 Å². The fourth-order valence-electron chi connectivity index (χ4n) is 2.95. The Morgan fingerprint density at radius 3 is 2.48 bits per heavy atom. The fourth-order valence-corrected chi connectivity index (χ4v) is 2.95. The Kier molecular flexibility index (Phi) is 4.82. The van der Waals surface area contributed by atoms with Crippen LogP contribution in [0.25, 0.3) is 0 Å². The van der Waals surface area contributed by atoms with Crippen LogP contribution in [-0.4, -0.2) is 43.1 Å². The molecule has 0 spiro atoms. The lowest BCUT2D eigenvalue weighted by Crippen LogP contribution is -2.44. The molecule has 1 aliphatic heterocycles. The Morgan fingerprint density at radius 1 is 1.04 bits per heavy atom. The van der Waals surface area contributed by atoms with Gasteiger partial charge in [0.1, 0.15) is 5.82 Å². The van der Waals surface area contributed by atoms with Crippen molar-refractivity contribution in [3.8, 4) is 0 Å². The van der Waals surface area contributed by atoms with Crippen molar-refractivity contribution in [2.75, 3.05) is 43.4 Å². The van der Waals surface area contributed by atoms with Gasteiger partial charge in [0, 0.05) is 32.7 Å². The second-order valence-electron chi connectivity index (χ2n) is 6.48. The maximum atomic E-state index is 4.62. The molecule has 4 heteroatoms. The molecule has 0 unspecified atom stereocenters. The summed E-state index contributed by atoms with van der Waals surface area (Å²) in [6.45, 7) is 9.45. The van der Waals surface area contributed by atoms with E-state index < -0.39 is 0 Å². The minimum atomic E-state index is 0.835. The van der Waals surface area contributed by atoms with Gasteiger partial charge < -0.3 is 15.1 Å². The Labute approximate surface area is 139 Å². The molecule has 1 aromatic heterocycles. The third kappa shape index (κ3) is 4.02. The van der Waals surface area contributed by atoms with Gasteiger partial charge in [0.25, 0.3) is 0 Å². The quantitative estimate of drug-likeness (QED) is 0.940. The van der Waals surface area contributed by atoms with Gasteiger partial charge in [0.05, 0.1) is 11.9 Å². The lowest BCUT2D eigenvalue weighted by molar-refractivity contribution is 0.312. The van der Waals surface area contributed by atoms with Gasteiger partial charge in [-0.1, -0.05) is 23.8 Å². The van der Waals surface area contributed by atoms with Gasteiger partial charge in [-0.15, -0.1) is 0 Å². The molecule has 122 valence electrons. The number of nitrogens with zero attached hydrogens (tertiary/aromatic N) is 3. The van der Waals surface area contributed by atoms with Crippen LogP contribution in [0.1, 0.15) is 16.7 Å². The van der Waals surface area contributed by atoms with Crippen LogP contribution in [0.15, 0.2) is 36.5 Å². The average Bonchev–Trinajstić information content (AvgIpc) is 2.55. The first-order valence-corrected chi connectivity index (χ1v) is 8.31. The van der Waals surface area contributed by atoms with E-state index in [0.29, 0.717) is 0 Å². The first-order valence-electron chi connectivity index (χ1n) is 8.31. The molecule has 3 rings (SSSR count). The third-order valence-corrected chi connectivity index (χ3v) is 4.56. The molecule has 23 heavy (non-hydrogen) atoms. The molecule has 4 nitrogen and oxygen atoms in total. The number of aromatic nitrogens is 1. The van der Waals surface area contributed by atoms with E-state index in [1.165, 1.54) is 16.7 Å². The maximum absolute atomic E-state index is 4.62. The van der Waals surface area contributed by atoms with E-state index in [-0.39, 0.29) is 0 Å². The Balaban J connectivity index is 1.59. The van der Waals surface area contributed by atoms with Crippen molar-refractivity contribution in [1.29, 1.82) is 0 Å². The van der Waals surface area contributed by atoms with Crippen molar-refractivity contribution in [1.82, 2.24) is 9.88 Å². The standard InChI is InChI=1S/C19H26N4/c1-15-4-5-17(16(2)12-15)13-20-18-6-7-19(21-14-18)23-10-8-22(3)9-11-23/h4-7,12,14,20H,8-11,13H2,1-3H3. The van der Waals surface area contributed by atoms with E-state index in [4.69, 9.17) is 0 Å². The minimum absolute atomic E-state index is 0.835. The number of piperazine rings is 1. The van der Waals surface area contributed by atoms with Gasteiger partial charge >= 0.3 is 0 Å². The molecule has 2 aromatic rings. The van der Waals surface area contributed by atoms with Crippen molar-refractivity contribution < 1.29 is 0 Å². The van der Waals surface area contributed by atoms with Crippen LogP contribution in [0.5, 0.6) is 0 Å². The summed E-state index contributed by atoms with van der Waals surface area (Å²) in [6, 6.07) is 10.8.